The average molecular weight is 457 g/mol. The second-order valence-corrected chi connectivity index (χ2v) is 8.67. The lowest BCUT2D eigenvalue weighted by molar-refractivity contribution is -0.159. The van der Waals surface area contributed by atoms with E-state index in [-0.39, 0.29) is 18.9 Å². The topological polar surface area (TPSA) is 85.5 Å². The van der Waals surface area contributed by atoms with E-state index in [4.69, 9.17) is 4.74 Å². The molecule has 2 heterocycles. The van der Waals surface area contributed by atoms with E-state index in [1.165, 1.54) is 42.5 Å². The molecule has 0 aliphatic carbocycles. The number of sulfonamides is 1. The van der Waals surface area contributed by atoms with Crippen LogP contribution in [0.2, 0.25) is 0 Å². The van der Waals surface area contributed by atoms with Crippen molar-refractivity contribution in [2.24, 2.45) is 0 Å². The molecule has 0 spiro atoms. The Morgan fingerprint density at radius 2 is 1.81 bits per heavy atom. The Balaban J connectivity index is 1.42. The Morgan fingerprint density at radius 1 is 1.10 bits per heavy atom. The summed E-state index contributed by atoms with van der Waals surface area (Å²) in [5, 5.41) is 3.31. The number of aromatic nitrogens is 2. The zero-order valence-corrected chi connectivity index (χ0v) is 16.5. The fourth-order valence-electron chi connectivity index (χ4n) is 3.14. The number of nitrogens with zero attached hydrogens (tertiary/aromatic N) is 3. The minimum atomic E-state index is -4.73. The first-order valence-corrected chi connectivity index (χ1v) is 10.5. The quantitative estimate of drug-likeness (QED) is 0.543. The van der Waals surface area contributed by atoms with Gasteiger partial charge in [-0.05, 0) is 42.8 Å². The van der Waals surface area contributed by atoms with Crippen molar-refractivity contribution in [1.29, 1.82) is 0 Å². The molecule has 164 valence electrons. The van der Waals surface area contributed by atoms with Gasteiger partial charge >= 0.3 is 12.1 Å². The highest BCUT2D eigenvalue weighted by Gasteiger charge is 2.38. The fourth-order valence-corrected chi connectivity index (χ4v) is 4.69. The number of ether oxygens (including phenoxy) is 1. The predicted octanol–water partition coefficient (Wildman–Crippen LogP) is 3.74. The molecule has 3 aromatic rings. The lowest BCUT2D eigenvalue weighted by Crippen LogP contribution is -2.31. The summed E-state index contributed by atoms with van der Waals surface area (Å²) in [5.41, 5.74) is 0.293. The van der Waals surface area contributed by atoms with Crippen molar-refractivity contribution in [3.8, 4) is 17.1 Å². The molecule has 1 aliphatic rings. The highest BCUT2D eigenvalue weighted by molar-refractivity contribution is 7.89. The summed E-state index contributed by atoms with van der Waals surface area (Å²) >= 11 is 0. The minimum Gasteiger partial charge on any atom is -0.489 e. The zero-order valence-electron chi connectivity index (χ0n) is 15.7. The fraction of sp³-hybridized carbons (Fsp3) is 0.263. The van der Waals surface area contributed by atoms with Gasteiger partial charge in [0.2, 0.25) is 15.8 Å². The third-order valence-corrected chi connectivity index (χ3v) is 6.54. The van der Waals surface area contributed by atoms with Gasteiger partial charge in [0.15, 0.2) is 0 Å². The first-order chi connectivity index (χ1) is 14.6. The lowest BCUT2D eigenvalue weighted by Gasteiger charge is -2.17. The summed E-state index contributed by atoms with van der Waals surface area (Å²) in [4.78, 5) is 2.92. The number of alkyl halides is 3. The highest BCUT2D eigenvalue weighted by atomic mass is 32.2. The molecule has 1 fully saturated rings. The first kappa shape index (κ1) is 21.2. The van der Waals surface area contributed by atoms with Gasteiger partial charge in [-0.2, -0.15) is 22.5 Å². The maximum atomic E-state index is 13.9. The number of rotatable bonds is 5. The molecule has 0 bridgehead atoms. The molecule has 0 unspecified atom stereocenters. The predicted molar refractivity (Wildman–Crippen MR) is 98.9 cm³/mol. The van der Waals surface area contributed by atoms with Gasteiger partial charge in [0.25, 0.3) is 0 Å². The molecular weight excluding hydrogens is 442 g/mol. The van der Waals surface area contributed by atoms with Crippen LogP contribution in [0.1, 0.15) is 12.3 Å². The number of hydrogen-bond donors (Lipinski definition) is 0. The molecule has 1 saturated heterocycles. The van der Waals surface area contributed by atoms with E-state index in [9.17, 15) is 26.0 Å². The van der Waals surface area contributed by atoms with Gasteiger partial charge in [-0.1, -0.05) is 17.3 Å². The molecule has 4 rings (SSSR count). The largest absolute Gasteiger partial charge is 0.489 e. The van der Waals surface area contributed by atoms with Crippen LogP contribution in [0.15, 0.2) is 57.9 Å². The molecule has 1 aliphatic heterocycles. The Kier molecular flexibility index (Phi) is 5.43. The van der Waals surface area contributed by atoms with Crippen molar-refractivity contribution in [3.05, 3.63) is 60.2 Å². The third-order valence-electron chi connectivity index (χ3n) is 4.65. The highest BCUT2D eigenvalue weighted by Crippen LogP contribution is 2.30. The van der Waals surface area contributed by atoms with Crippen molar-refractivity contribution in [2.45, 2.75) is 23.6 Å². The molecule has 0 N–H and O–H groups in total. The van der Waals surface area contributed by atoms with Crippen LogP contribution in [-0.4, -0.2) is 42.1 Å². The molecule has 0 amide bonds. The SMILES string of the molecule is O=S(=O)(c1ccccc1F)N1CC[C@@H](Oc2ccc(-c3noc(C(F)(F)F)n3)cc2)C1. The van der Waals surface area contributed by atoms with E-state index in [0.29, 0.717) is 17.7 Å². The van der Waals surface area contributed by atoms with Gasteiger partial charge in [-0.15, -0.1) is 0 Å². The monoisotopic (exact) mass is 457 g/mol. The summed E-state index contributed by atoms with van der Waals surface area (Å²) < 4.78 is 88.1. The number of benzene rings is 2. The van der Waals surface area contributed by atoms with Gasteiger partial charge in [-0.25, -0.2) is 12.8 Å². The minimum absolute atomic E-state index is 0.0399. The van der Waals surface area contributed by atoms with Crippen LogP contribution in [0.4, 0.5) is 17.6 Å². The molecule has 0 radical (unpaired) electrons. The number of halogens is 4. The molecule has 0 saturated carbocycles. The van der Waals surface area contributed by atoms with Crippen LogP contribution in [-0.2, 0) is 16.2 Å². The normalized spacial score (nSPS) is 17.7. The van der Waals surface area contributed by atoms with Crippen molar-refractivity contribution in [1.82, 2.24) is 14.4 Å². The summed E-state index contributed by atoms with van der Waals surface area (Å²) in [6.07, 6.45) is -4.80. The number of hydrogen-bond acceptors (Lipinski definition) is 6. The Hall–Kier alpha value is -2.99. The Bertz CT molecular complexity index is 1180. The molecule has 7 nitrogen and oxygen atoms in total. The summed E-state index contributed by atoms with van der Waals surface area (Å²) in [7, 11) is -3.99. The molecular formula is C19H15F4N3O4S. The van der Waals surface area contributed by atoms with Crippen LogP contribution < -0.4 is 4.74 Å². The maximum Gasteiger partial charge on any atom is 0.471 e. The second kappa shape index (κ2) is 7.93. The lowest BCUT2D eigenvalue weighted by atomic mass is 10.2. The molecule has 12 heteroatoms. The van der Waals surface area contributed by atoms with Crippen molar-refractivity contribution in [2.75, 3.05) is 13.1 Å². The van der Waals surface area contributed by atoms with Crippen LogP contribution in [0.5, 0.6) is 5.75 Å². The summed E-state index contributed by atoms with van der Waals surface area (Å²) in [6.45, 7) is 0.209. The van der Waals surface area contributed by atoms with Gasteiger partial charge in [0.05, 0.1) is 6.54 Å². The van der Waals surface area contributed by atoms with E-state index in [0.717, 1.165) is 10.4 Å². The van der Waals surface area contributed by atoms with Crippen molar-refractivity contribution >= 4 is 10.0 Å². The molecule has 1 atom stereocenters. The molecule has 1 aromatic heterocycles. The molecule has 2 aromatic carbocycles. The average Bonchev–Trinajstić information content (AvgIpc) is 3.39. The van der Waals surface area contributed by atoms with Crippen LogP contribution in [0, 0.1) is 5.82 Å². The Labute approximate surface area is 174 Å². The standard InChI is InChI=1S/C19H15F4N3O4S/c20-15-3-1-2-4-16(15)31(27,28)26-10-9-14(11-26)29-13-7-5-12(6-8-13)17-24-18(30-25-17)19(21,22)23/h1-8,14H,9-11H2/t14-/m1/s1. The maximum absolute atomic E-state index is 13.9. The van der Waals surface area contributed by atoms with Gasteiger partial charge in [-0.3, -0.25) is 0 Å². The first-order valence-electron chi connectivity index (χ1n) is 9.07. The summed E-state index contributed by atoms with van der Waals surface area (Å²) in [5.74, 6) is -2.09. The second-order valence-electron chi connectivity index (χ2n) is 6.77. The van der Waals surface area contributed by atoms with E-state index in [1.54, 1.807) is 0 Å². The van der Waals surface area contributed by atoms with E-state index in [2.05, 4.69) is 14.7 Å². The van der Waals surface area contributed by atoms with Gasteiger partial charge in [0, 0.05) is 12.1 Å². The third kappa shape index (κ3) is 4.39. The van der Waals surface area contributed by atoms with Crippen LogP contribution in [0.3, 0.4) is 0 Å². The molecule has 31 heavy (non-hydrogen) atoms. The van der Waals surface area contributed by atoms with Gasteiger partial charge in [0.1, 0.15) is 22.6 Å². The van der Waals surface area contributed by atoms with Gasteiger partial charge < -0.3 is 9.26 Å². The van der Waals surface area contributed by atoms with E-state index in [1.807, 2.05) is 0 Å². The smallest absolute Gasteiger partial charge is 0.471 e. The summed E-state index contributed by atoms with van der Waals surface area (Å²) in [6, 6.07) is 11.1. The van der Waals surface area contributed by atoms with E-state index >= 15 is 0 Å². The zero-order chi connectivity index (χ0) is 22.2. The Morgan fingerprint density at radius 3 is 2.45 bits per heavy atom. The van der Waals surface area contributed by atoms with Crippen LogP contribution in [0.25, 0.3) is 11.4 Å². The van der Waals surface area contributed by atoms with Crippen molar-refractivity contribution in [3.63, 3.8) is 0 Å². The van der Waals surface area contributed by atoms with E-state index < -0.39 is 38.9 Å². The van der Waals surface area contributed by atoms with Crippen molar-refractivity contribution < 1.29 is 35.2 Å². The van der Waals surface area contributed by atoms with Crippen LogP contribution >= 0.6 is 0 Å².